The summed E-state index contributed by atoms with van der Waals surface area (Å²) in [5.74, 6) is 0.142. The SMILES string of the molecule is CC(CN(C)Cc1ccccc1)NC(=O)C1CCCN1. The van der Waals surface area contributed by atoms with Crippen molar-refractivity contribution >= 4 is 5.91 Å². The number of hydrogen-bond donors (Lipinski definition) is 2. The molecule has 110 valence electrons. The molecule has 1 amide bonds. The van der Waals surface area contributed by atoms with Crippen LogP contribution in [0.3, 0.4) is 0 Å². The van der Waals surface area contributed by atoms with Crippen LogP contribution in [0.15, 0.2) is 30.3 Å². The second kappa shape index (κ2) is 7.41. The Kier molecular flexibility index (Phi) is 5.56. The first-order valence-corrected chi connectivity index (χ1v) is 7.41. The third-order valence-electron chi connectivity index (χ3n) is 3.65. The number of likely N-dealkylation sites (N-methyl/N-ethyl adjacent to an activating group) is 1. The van der Waals surface area contributed by atoms with Gasteiger partial charge in [-0.1, -0.05) is 30.3 Å². The van der Waals surface area contributed by atoms with Gasteiger partial charge in [-0.2, -0.15) is 0 Å². The molecule has 4 heteroatoms. The lowest BCUT2D eigenvalue weighted by Gasteiger charge is -2.23. The predicted octanol–water partition coefficient (Wildman–Crippen LogP) is 1.38. The van der Waals surface area contributed by atoms with Gasteiger partial charge in [0.2, 0.25) is 5.91 Å². The van der Waals surface area contributed by atoms with E-state index in [-0.39, 0.29) is 18.0 Å². The average Bonchev–Trinajstić information content (AvgIpc) is 2.93. The molecule has 1 aromatic carbocycles. The lowest BCUT2D eigenvalue weighted by molar-refractivity contribution is -0.123. The van der Waals surface area contributed by atoms with Gasteiger partial charge < -0.3 is 15.5 Å². The van der Waals surface area contributed by atoms with Crippen LogP contribution < -0.4 is 10.6 Å². The van der Waals surface area contributed by atoms with E-state index in [1.54, 1.807) is 0 Å². The van der Waals surface area contributed by atoms with E-state index < -0.39 is 0 Å². The number of carbonyl (C=O) groups excluding carboxylic acids is 1. The summed E-state index contributed by atoms with van der Waals surface area (Å²) in [6.07, 6.45) is 2.05. The Balaban J connectivity index is 1.73. The summed E-state index contributed by atoms with van der Waals surface area (Å²) in [5.41, 5.74) is 1.30. The number of carbonyl (C=O) groups is 1. The Hall–Kier alpha value is -1.39. The van der Waals surface area contributed by atoms with Crippen molar-refractivity contribution in [3.8, 4) is 0 Å². The first kappa shape index (κ1) is 15.0. The lowest BCUT2D eigenvalue weighted by atomic mass is 10.2. The Labute approximate surface area is 121 Å². The van der Waals surface area contributed by atoms with E-state index in [2.05, 4.69) is 53.8 Å². The first-order valence-electron chi connectivity index (χ1n) is 7.41. The zero-order valence-corrected chi connectivity index (χ0v) is 12.4. The van der Waals surface area contributed by atoms with Crippen LogP contribution in [0.1, 0.15) is 25.3 Å². The number of rotatable bonds is 6. The third-order valence-corrected chi connectivity index (χ3v) is 3.65. The summed E-state index contributed by atoms with van der Waals surface area (Å²) in [6.45, 7) is 4.78. The molecule has 4 nitrogen and oxygen atoms in total. The van der Waals surface area contributed by atoms with Gasteiger partial charge in [-0.25, -0.2) is 0 Å². The van der Waals surface area contributed by atoms with Crippen molar-refractivity contribution in [2.24, 2.45) is 0 Å². The number of nitrogens with zero attached hydrogens (tertiary/aromatic N) is 1. The van der Waals surface area contributed by atoms with Gasteiger partial charge in [0, 0.05) is 19.1 Å². The van der Waals surface area contributed by atoms with Crippen LogP contribution in [0.4, 0.5) is 0 Å². The smallest absolute Gasteiger partial charge is 0.237 e. The van der Waals surface area contributed by atoms with Gasteiger partial charge in [-0.3, -0.25) is 4.79 Å². The zero-order chi connectivity index (χ0) is 14.4. The van der Waals surface area contributed by atoms with Crippen molar-refractivity contribution in [1.82, 2.24) is 15.5 Å². The topological polar surface area (TPSA) is 44.4 Å². The summed E-state index contributed by atoms with van der Waals surface area (Å²) >= 11 is 0. The summed E-state index contributed by atoms with van der Waals surface area (Å²) in [5, 5.41) is 6.32. The second-order valence-corrected chi connectivity index (χ2v) is 5.74. The molecule has 20 heavy (non-hydrogen) atoms. The summed E-state index contributed by atoms with van der Waals surface area (Å²) in [4.78, 5) is 14.2. The lowest BCUT2D eigenvalue weighted by Crippen LogP contribution is -2.47. The Morgan fingerprint density at radius 2 is 2.20 bits per heavy atom. The Morgan fingerprint density at radius 3 is 2.85 bits per heavy atom. The molecule has 0 spiro atoms. The molecule has 1 aliphatic rings. The molecule has 1 fully saturated rings. The molecule has 0 saturated carbocycles. The van der Waals surface area contributed by atoms with Crippen molar-refractivity contribution in [2.45, 2.75) is 38.4 Å². The van der Waals surface area contributed by atoms with Gasteiger partial charge in [0.05, 0.1) is 6.04 Å². The second-order valence-electron chi connectivity index (χ2n) is 5.74. The van der Waals surface area contributed by atoms with E-state index in [9.17, 15) is 4.79 Å². The van der Waals surface area contributed by atoms with E-state index in [4.69, 9.17) is 0 Å². The van der Waals surface area contributed by atoms with E-state index in [0.29, 0.717) is 0 Å². The summed E-state index contributed by atoms with van der Waals surface area (Å²) in [7, 11) is 2.09. The number of benzene rings is 1. The van der Waals surface area contributed by atoms with Gasteiger partial charge >= 0.3 is 0 Å². The highest BCUT2D eigenvalue weighted by molar-refractivity contribution is 5.82. The minimum atomic E-state index is 0.0110. The molecule has 1 aliphatic heterocycles. The molecular formula is C16H25N3O. The molecule has 2 rings (SSSR count). The van der Waals surface area contributed by atoms with Crippen LogP contribution in [-0.2, 0) is 11.3 Å². The minimum Gasteiger partial charge on any atom is -0.351 e. The van der Waals surface area contributed by atoms with Gasteiger partial charge in [0.25, 0.3) is 0 Å². The van der Waals surface area contributed by atoms with Gasteiger partial charge in [0.15, 0.2) is 0 Å². The highest BCUT2D eigenvalue weighted by Crippen LogP contribution is 2.06. The molecule has 0 aromatic heterocycles. The molecular weight excluding hydrogens is 250 g/mol. The van der Waals surface area contributed by atoms with E-state index >= 15 is 0 Å². The van der Waals surface area contributed by atoms with Gasteiger partial charge in [-0.15, -0.1) is 0 Å². The van der Waals surface area contributed by atoms with E-state index in [1.165, 1.54) is 5.56 Å². The average molecular weight is 275 g/mol. The Morgan fingerprint density at radius 1 is 1.45 bits per heavy atom. The van der Waals surface area contributed by atoms with Crippen LogP contribution >= 0.6 is 0 Å². The maximum atomic E-state index is 12.0. The normalized spacial score (nSPS) is 20.1. The molecule has 1 aromatic rings. The third kappa shape index (κ3) is 4.62. The maximum absolute atomic E-state index is 12.0. The predicted molar refractivity (Wildman–Crippen MR) is 81.4 cm³/mol. The largest absolute Gasteiger partial charge is 0.351 e. The van der Waals surface area contributed by atoms with Crippen molar-refractivity contribution in [2.75, 3.05) is 20.1 Å². The molecule has 2 atom stereocenters. The molecule has 0 radical (unpaired) electrons. The fourth-order valence-corrected chi connectivity index (χ4v) is 2.72. The molecule has 0 aliphatic carbocycles. The minimum absolute atomic E-state index is 0.0110. The van der Waals surface area contributed by atoms with E-state index in [0.717, 1.165) is 32.5 Å². The monoisotopic (exact) mass is 275 g/mol. The number of amides is 1. The fraction of sp³-hybridized carbons (Fsp3) is 0.562. The highest BCUT2D eigenvalue weighted by Gasteiger charge is 2.23. The van der Waals surface area contributed by atoms with Crippen LogP contribution in [0.2, 0.25) is 0 Å². The van der Waals surface area contributed by atoms with Crippen molar-refractivity contribution in [1.29, 1.82) is 0 Å². The summed E-state index contributed by atoms with van der Waals surface area (Å²) < 4.78 is 0. The van der Waals surface area contributed by atoms with Crippen LogP contribution in [-0.4, -0.2) is 43.0 Å². The molecule has 1 heterocycles. The van der Waals surface area contributed by atoms with Crippen molar-refractivity contribution in [3.63, 3.8) is 0 Å². The molecule has 1 saturated heterocycles. The Bertz CT molecular complexity index is 415. The maximum Gasteiger partial charge on any atom is 0.237 e. The fourth-order valence-electron chi connectivity index (χ4n) is 2.72. The summed E-state index contributed by atoms with van der Waals surface area (Å²) in [6, 6.07) is 10.6. The molecule has 2 N–H and O–H groups in total. The standard InChI is InChI=1S/C16H25N3O/c1-13(18-16(20)15-9-6-10-17-15)11-19(2)12-14-7-4-3-5-8-14/h3-5,7-8,13,15,17H,6,9-12H2,1-2H3,(H,18,20). The van der Waals surface area contributed by atoms with Gasteiger partial charge in [-0.05, 0) is 38.9 Å². The van der Waals surface area contributed by atoms with Crippen LogP contribution in [0, 0.1) is 0 Å². The number of nitrogens with one attached hydrogen (secondary N) is 2. The van der Waals surface area contributed by atoms with Crippen molar-refractivity contribution < 1.29 is 4.79 Å². The number of hydrogen-bond acceptors (Lipinski definition) is 3. The van der Waals surface area contributed by atoms with Crippen molar-refractivity contribution in [3.05, 3.63) is 35.9 Å². The quantitative estimate of drug-likeness (QED) is 0.824. The molecule has 0 bridgehead atoms. The van der Waals surface area contributed by atoms with Crippen LogP contribution in [0.5, 0.6) is 0 Å². The zero-order valence-electron chi connectivity index (χ0n) is 12.4. The van der Waals surface area contributed by atoms with Gasteiger partial charge in [0.1, 0.15) is 0 Å². The molecule has 2 unspecified atom stereocenters. The highest BCUT2D eigenvalue weighted by atomic mass is 16.2. The van der Waals surface area contributed by atoms with Crippen LogP contribution in [0.25, 0.3) is 0 Å². The van der Waals surface area contributed by atoms with E-state index in [1.807, 2.05) is 6.07 Å². The first-order chi connectivity index (χ1) is 9.65.